The van der Waals surface area contributed by atoms with E-state index in [1.54, 1.807) is 10.8 Å². The molecule has 3 aromatic rings. The van der Waals surface area contributed by atoms with Gasteiger partial charge < -0.3 is 21.1 Å². The van der Waals surface area contributed by atoms with E-state index >= 15 is 0 Å². The highest BCUT2D eigenvalue weighted by molar-refractivity contribution is 5.79. The van der Waals surface area contributed by atoms with E-state index in [9.17, 15) is 9.90 Å². The highest BCUT2D eigenvalue weighted by Gasteiger charge is 2.29. The molecule has 1 aliphatic rings. The maximum atomic E-state index is 12.2. The van der Waals surface area contributed by atoms with Crippen molar-refractivity contribution < 1.29 is 5.11 Å². The third kappa shape index (κ3) is 3.48. The van der Waals surface area contributed by atoms with Crippen LogP contribution >= 0.6 is 0 Å². The fourth-order valence-corrected chi connectivity index (χ4v) is 3.99. The molecule has 3 atom stereocenters. The number of aromatic nitrogens is 3. The monoisotopic (exact) mass is 367 g/mol. The van der Waals surface area contributed by atoms with Gasteiger partial charge in [0.2, 0.25) is 0 Å². The number of imidazole rings is 1. The summed E-state index contributed by atoms with van der Waals surface area (Å²) in [5.41, 5.74) is 9.85. The summed E-state index contributed by atoms with van der Waals surface area (Å²) in [4.78, 5) is 19.2. The van der Waals surface area contributed by atoms with Crippen LogP contribution in [0, 0.1) is 0 Å². The SMILES string of the molecule is CC(CCc1cncc(N)c1)N[C@@H]1CCn2c(=O)[nH]c3cccc(c32)[C@H]1O. The molecule has 0 spiro atoms. The number of nitrogens with one attached hydrogen (secondary N) is 2. The number of nitrogen functional groups attached to an aromatic ring is 1. The van der Waals surface area contributed by atoms with E-state index in [1.165, 1.54) is 0 Å². The van der Waals surface area contributed by atoms with Gasteiger partial charge >= 0.3 is 5.69 Å². The maximum Gasteiger partial charge on any atom is 0.326 e. The molecular formula is C20H25N5O2. The largest absolute Gasteiger partial charge is 0.397 e. The lowest BCUT2D eigenvalue weighted by molar-refractivity contribution is 0.119. The molecule has 0 radical (unpaired) electrons. The van der Waals surface area contributed by atoms with Crippen molar-refractivity contribution in [3.8, 4) is 0 Å². The summed E-state index contributed by atoms with van der Waals surface area (Å²) in [6.07, 6.45) is 5.28. The molecule has 0 bridgehead atoms. The number of pyridine rings is 1. The van der Waals surface area contributed by atoms with Gasteiger partial charge in [-0.25, -0.2) is 4.79 Å². The summed E-state index contributed by atoms with van der Waals surface area (Å²) < 4.78 is 1.73. The highest BCUT2D eigenvalue weighted by Crippen LogP contribution is 2.30. The van der Waals surface area contributed by atoms with Gasteiger partial charge in [0.15, 0.2) is 0 Å². The number of H-pyrrole nitrogens is 1. The third-order valence-corrected chi connectivity index (χ3v) is 5.37. The van der Waals surface area contributed by atoms with E-state index in [0.717, 1.165) is 35.0 Å². The predicted molar refractivity (Wildman–Crippen MR) is 105 cm³/mol. The summed E-state index contributed by atoms with van der Waals surface area (Å²) in [5.74, 6) is 0. The number of aryl methyl sites for hydroxylation is 2. The number of benzene rings is 1. The van der Waals surface area contributed by atoms with Gasteiger partial charge in [-0.15, -0.1) is 0 Å². The van der Waals surface area contributed by atoms with Gasteiger partial charge in [0.25, 0.3) is 0 Å². The number of aliphatic hydroxyl groups excluding tert-OH is 1. The molecule has 0 saturated carbocycles. The van der Waals surface area contributed by atoms with Gasteiger partial charge in [0, 0.05) is 36.6 Å². The van der Waals surface area contributed by atoms with Crippen molar-refractivity contribution >= 4 is 16.7 Å². The molecular weight excluding hydrogens is 342 g/mol. The summed E-state index contributed by atoms with van der Waals surface area (Å²) >= 11 is 0. The fraction of sp³-hybridized carbons (Fsp3) is 0.400. The number of aliphatic hydroxyl groups is 1. The quantitative estimate of drug-likeness (QED) is 0.549. The molecule has 0 aliphatic carbocycles. The molecule has 1 aromatic carbocycles. The first kappa shape index (κ1) is 17.8. The van der Waals surface area contributed by atoms with Crippen LogP contribution in [0.3, 0.4) is 0 Å². The lowest BCUT2D eigenvalue weighted by Gasteiger charge is -2.26. The van der Waals surface area contributed by atoms with Crippen LogP contribution in [0.25, 0.3) is 11.0 Å². The van der Waals surface area contributed by atoms with Gasteiger partial charge in [0.05, 0.1) is 22.8 Å². The number of para-hydroxylation sites is 1. The van der Waals surface area contributed by atoms with E-state index in [0.29, 0.717) is 18.7 Å². The van der Waals surface area contributed by atoms with E-state index in [4.69, 9.17) is 5.73 Å². The minimum absolute atomic E-state index is 0.108. The average Bonchev–Trinajstić information content (AvgIpc) is 2.90. The Morgan fingerprint density at radius 1 is 1.44 bits per heavy atom. The van der Waals surface area contributed by atoms with Crippen molar-refractivity contribution in [3.63, 3.8) is 0 Å². The Bertz CT molecular complexity index is 1010. The Balaban J connectivity index is 1.47. The van der Waals surface area contributed by atoms with Crippen molar-refractivity contribution in [1.82, 2.24) is 19.9 Å². The van der Waals surface area contributed by atoms with Crippen molar-refractivity contribution in [3.05, 3.63) is 58.3 Å². The fourth-order valence-electron chi connectivity index (χ4n) is 3.99. The number of nitrogens with two attached hydrogens (primary N) is 1. The Morgan fingerprint density at radius 3 is 3.11 bits per heavy atom. The molecule has 7 nitrogen and oxygen atoms in total. The Morgan fingerprint density at radius 2 is 2.30 bits per heavy atom. The van der Waals surface area contributed by atoms with E-state index in [-0.39, 0.29) is 17.8 Å². The third-order valence-electron chi connectivity index (χ3n) is 5.37. The standard InChI is InChI=1S/C20H25N5O2/c1-12(5-6-13-9-14(21)11-22-10-13)23-17-7-8-25-18-15(19(17)26)3-2-4-16(18)24-20(25)27/h2-4,9-12,17,19,23,26H,5-8,21H2,1H3,(H,24,27)/t12?,17-,19-/m1/s1. The van der Waals surface area contributed by atoms with Gasteiger partial charge in [-0.1, -0.05) is 12.1 Å². The lowest BCUT2D eigenvalue weighted by Crippen LogP contribution is -2.41. The minimum Gasteiger partial charge on any atom is -0.397 e. The molecule has 4 rings (SSSR count). The molecule has 0 amide bonds. The number of hydrogen-bond donors (Lipinski definition) is 4. The van der Waals surface area contributed by atoms with Gasteiger partial charge in [-0.3, -0.25) is 9.55 Å². The van der Waals surface area contributed by atoms with Gasteiger partial charge in [-0.05, 0) is 43.9 Å². The van der Waals surface area contributed by atoms with Crippen molar-refractivity contribution in [2.45, 2.75) is 50.9 Å². The number of aromatic amines is 1. The lowest BCUT2D eigenvalue weighted by atomic mass is 9.98. The molecule has 1 aliphatic heterocycles. The smallest absolute Gasteiger partial charge is 0.326 e. The summed E-state index contributed by atoms with van der Waals surface area (Å²) in [6, 6.07) is 7.70. The first-order valence-corrected chi connectivity index (χ1v) is 9.38. The second kappa shape index (κ2) is 7.17. The van der Waals surface area contributed by atoms with Gasteiger partial charge in [-0.2, -0.15) is 0 Å². The molecule has 5 N–H and O–H groups in total. The molecule has 3 heterocycles. The van der Waals surface area contributed by atoms with E-state index < -0.39 is 6.10 Å². The van der Waals surface area contributed by atoms with Crippen LogP contribution in [0.2, 0.25) is 0 Å². The summed E-state index contributed by atoms with van der Waals surface area (Å²) in [5, 5.41) is 14.5. The molecule has 0 saturated heterocycles. The molecule has 142 valence electrons. The van der Waals surface area contributed by atoms with Crippen LogP contribution < -0.4 is 16.7 Å². The molecule has 1 unspecified atom stereocenters. The van der Waals surface area contributed by atoms with Crippen LogP contribution in [-0.4, -0.2) is 31.7 Å². The normalized spacial score (nSPS) is 20.5. The zero-order valence-electron chi connectivity index (χ0n) is 15.4. The Labute approximate surface area is 157 Å². The van der Waals surface area contributed by atoms with Crippen LogP contribution in [-0.2, 0) is 13.0 Å². The Kier molecular flexibility index (Phi) is 4.72. The highest BCUT2D eigenvalue weighted by atomic mass is 16.3. The number of hydrogen-bond acceptors (Lipinski definition) is 5. The van der Waals surface area contributed by atoms with Crippen LogP contribution in [0.15, 0.2) is 41.5 Å². The van der Waals surface area contributed by atoms with Gasteiger partial charge in [0.1, 0.15) is 0 Å². The van der Waals surface area contributed by atoms with E-state index in [2.05, 4.69) is 22.2 Å². The summed E-state index contributed by atoms with van der Waals surface area (Å²) in [7, 11) is 0. The second-order valence-corrected chi connectivity index (χ2v) is 7.40. The van der Waals surface area contributed by atoms with Crippen LogP contribution in [0.5, 0.6) is 0 Å². The predicted octanol–water partition coefficient (Wildman–Crippen LogP) is 1.72. The number of nitrogens with zero attached hydrogens (tertiary/aromatic N) is 2. The molecule has 0 fully saturated rings. The second-order valence-electron chi connectivity index (χ2n) is 7.40. The van der Waals surface area contributed by atoms with Crippen LogP contribution in [0.1, 0.15) is 37.0 Å². The zero-order valence-corrected chi connectivity index (χ0v) is 15.4. The zero-order chi connectivity index (χ0) is 19.0. The average molecular weight is 367 g/mol. The van der Waals surface area contributed by atoms with E-state index in [1.807, 2.05) is 30.5 Å². The maximum absolute atomic E-state index is 12.2. The molecule has 7 heteroatoms. The number of anilines is 1. The summed E-state index contributed by atoms with van der Waals surface area (Å²) in [6.45, 7) is 2.70. The van der Waals surface area contributed by atoms with Crippen LogP contribution in [0.4, 0.5) is 5.69 Å². The van der Waals surface area contributed by atoms with Crippen molar-refractivity contribution in [2.24, 2.45) is 0 Å². The van der Waals surface area contributed by atoms with Crippen molar-refractivity contribution in [1.29, 1.82) is 0 Å². The minimum atomic E-state index is -0.658. The number of rotatable bonds is 5. The van der Waals surface area contributed by atoms with Crippen molar-refractivity contribution in [2.75, 3.05) is 5.73 Å². The first-order valence-electron chi connectivity index (χ1n) is 9.38. The molecule has 27 heavy (non-hydrogen) atoms. The topological polar surface area (TPSA) is 109 Å². The first-order chi connectivity index (χ1) is 13.0. The Hall–Kier alpha value is -2.64. The molecule has 2 aromatic heterocycles.